The van der Waals surface area contributed by atoms with Gasteiger partial charge in [-0.2, -0.15) is 0 Å². The Morgan fingerprint density at radius 3 is 2.57 bits per heavy atom. The van der Waals surface area contributed by atoms with E-state index in [1.807, 2.05) is 31.2 Å². The van der Waals surface area contributed by atoms with E-state index in [0.29, 0.717) is 19.4 Å². The smallest absolute Gasteiger partial charge is 0.224 e. The number of amides is 1. The number of nitrogens with zero attached hydrogens (tertiary/aromatic N) is 1. The van der Waals surface area contributed by atoms with Crippen LogP contribution in [-0.4, -0.2) is 45.1 Å². The number of sulfonamides is 1. The van der Waals surface area contributed by atoms with E-state index in [-0.39, 0.29) is 24.4 Å². The Morgan fingerprint density at radius 2 is 2.00 bits per heavy atom. The number of methoxy groups -OCH3 is 1. The van der Waals surface area contributed by atoms with E-state index in [2.05, 4.69) is 5.32 Å². The van der Waals surface area contributed by atoms with Crippen LogP contribution in [0.3, 0.4) is 0 Å². The van der Waals surface area contributed by atoms with Crippen molar-refractivity contribution < 1.29 is 17.9 Å². The van der Waals surface area contributed by atoms with Crippen LogP contribution in [-0.2, 0) is 14.8 Å². The first-order chi connectivity index (χ1) is 10.8. The lowest BCUT2D eigenvalue weighted by Gasteiger charge is -2.30. The van der Waals surface area contributed by atoms with Crippen molar-refractivity contribution in [1.29, 1.82) is 0 Å². The molecule has 0 aliphatic carbocycles. The summed E-state index contributed by atoms with van der Waals surface area (Å²) >= 11 is 0. The SMILES string of the molecule is COc1ccc([C@H](C)NC(=O)[C@@H]2CCCN(S(C)(=O)=O)C2)cc1. The minimum Gasteiger partial charge on any atom is -0.497 e. The summed E-state index contributed by atoms with van der Waals surface area (Å²) in [4.78, 5) is 12.4. The summed E-state index contributed by atoms with van der Waals surface area (Å²) in [6.45, 7) is 2.67. The number of piperidine rings is 1. The fourth-order valence-electron chi connectivity index (χ4n) is 2.76. The first-order valence-electron chi connectivity index (χ1n) is 7.70. The second-order valence-corrected chi connectivity index (χ2v) is 7.95. The number of carbonyl (C=O) groups is 1. The van der Waals surface area contributed by atoms with Gasteiger partial charge in [0.05, 0.1) is 25.3 Å². The molecule has 0 spiro atoms. The predicted octanol–water partition coefficient (Wildman–Crippen LogP) is 1.54. The molecule has 2 atom stereocenters. The minimum atomic E-state index is -3.24. The zero-order valence-electron chi connectivity index (χ0n) is 13.8. The lowest BCUT2D eigenvalue weighted by Crippen LogP contribution is -2.45. The topological polar surface area (TPSA) is 75.7 Å². The summed E-state index contributed by atoms with van der Waals surface area (Å²) in [5.74, 6) is 0.379. The van der Waals surface area contributed by atoms with E-state index in [1.165, 1.54) is 10.6 Å². The van der Waals surface area contributed by atoms with Crippen molar-refractivity contribution in [3.8, 4) is 5.75 Å². The van der Waals surface area contributed by atoms with E-state index < -0.39 is 10.0 Å². The van der Waals surface area contributed by atoms with E-state index in [1.54, 1.807) is 7.11 Å². The summed E-state index contributed by atoms with van der Waals surface area (Å²) in [5, 5.41) is 2.97. The standard InChI is InChI=1S/C16H24N2O4S/c1-12(13-6-8-15(22-2)9-7-13)17-16(19)14-5-4-10-18(11-14)23(3,20)21/h6-9,12,14H,4-5,10-11H2,1-3H3,(H,17,19)/t12-,14+/m0/s1. The third kappa shape index (κ3) is 4.68. The minimum absolute atomic E-state index is 0.0957. The summed E-state index contributed by atoms with van der Waals surface area (Å²) in [7, 11) is -1.63. The Kier molecular flexibility index (Phi) is 5.64. The third-order valence-corrected chi connectivity index (χ3v) is 5.47. The molecule has 1 aliphatic heterocycles. The summed E-state index contributed by atoms with van der Waals surface area (Å²) in [6.07, 6.45) is 2.61. The van der Waals surface area contributed by atoms with E-state index in [0.717, 1.165) is 11.3 Å². The fraction of sp³-hybridized carbons (Fsp3) is 0.562. The van der Waals surface area contributed by atoms with E-state index >= 15 is 0 Å². The molecule has 0 radical (unpaired) electrons. The maximum atomic E-state index is 12.4. The monoisotopic (exact) mass is 340 g/mol. The average Bonchev–Trinajstić information content (AvgIpc) is 2.54. The molecule has 128 valence electrons. The normalized spacial score (nSPS) is 20.7. The van der Waals surface area contributed by atoms with Gasteiger partial charge in [-0.05, 0) is 37.5 Å². The van der Waals surface area contributed by atoms with E-state index in [9.17, 15) is 13.2 Å². The molecule has 1 N–H and O–H groups in total. The first kappa shape index (κ1) is 17.7. The van der Waals surface area contributed by atoms with Crippen molar-refractivity contribution >= 4 is 15.9 Å². The molecule has 1 heterocycles. The highest BCUT2D eigenvalue weighted by Crippen LogP contribution is 2.21. The van der Waals surface area contributed by atoms with Crippen molar-refractivity contribution in [2.75, 3.05) is 26.5 Å². The van der Waals surface area contributed by atoms with Gasteiger partial charge in [-0.15, -0.1) is 0 Å². The summed E-state index contributed by atoms with van der Waals surface area (Å²) < 4.78 is 29.8. The lowest BCUT2D eigenvalue weighted by molar-refractivity contribution is -0.126. The van der Waals surface area contributed by atoms with Gasteiger partial charge < -0.3 is 10.1 Å². The largest absolute Gasteiger partial charge is 0.497 e. The van der Waals surface area contributed by atoms with Gasteiger partial charge in [0.25, 0.3) is 0 Å². The molecule has 6 nitrogen and oxygen atoms in total. The Balaban J connectivity index is 1.97. The molecule has 1 aromatic rings. The second-order valence-electron chi connectivity index (χ2n) is 5.96. The highest BCUT2D eigenvalue weighted by Gasteiger charge is 2.30. The predicted molar refractivity (Wildman–Crippen MR) is 88.7 cm³/mol. The molecule has 1 fully saturated rings. The van der Waals surface area contributed by atoms with Crippen molar-refractivity contribution in [1.82, 2.24) is 9.62 Å². The maximum Gasteiger partial charge on any atom is 0.224 e. The Morgan fingerprint density at radius 1 is 1.35 bits per heavy atom. The number of nitrogens with one attached hydrogen (secondary N) is 1. The summed E-state index contributed by atoms with van der Waals surface area (Å²) in [6, 6.07) is 7.39. The number of carbonyl (C=O) groups excluding carboxylic acids is 1. The van der Waals surface area contributed by atoms with Crippen LogP contribution in [0.15, 0.2) is 24.3 Å². The van der Waals surface area contributed by atoms with Gasteiger partial charge in [0.1, 0.15) is 5.75 Å². The zero-order chi connectivity index (χ0) is 17.0. The van der Waals surface area contributed by atoms with Crippen LogP contribution in [0.2, 0.25) is 0 Å². The molecule has 0 bridgehead atoms. The highest BCUT2D eigenvalue weighted by molar-refractivity contribution is 7.88. The Labute approximate surface area is 137 Å². The van der Waals surface area contributed by atoms with Crippen LogP contribution in [0.5, 0.6) is 5.75 Å². The van der Waals surface area contributed by atoms with Crippen LogP contribution in [0, 0.1) is 5.92 Å². The number of hydrogen-bond donors (Lipinski definition) is 1. The number of hydrogen-bond acceptors (Lipinski definition) is 4. The number of ether oxygens (including phenoxy) is 1. The van der Waals surface area contributed by atoms with Crippen molar-refractivity contribution in [3.63, 3.8) is 0 Å². The number of benzene rings is 1. The fourth-order valence-corrected chi connectivity index (χ4v) is 3.68. The molecule has 0 unspecified atom stereocenters. The molecule has 2 rings (SSSR count). The van der Waals surface area contributed by atoms with Gasteiger partial charge >= 0.3 is 0 Å². The molecular formula is C16H24N2O4S. The maximum absolute atomic E-state index is 12.4. The van der Waals surface area contributed by atoms with Gasteiger partial charge in [0.2, 0.25) is 15.9 Å². The van der Waals surface area contributed by atoms with Crippen LogP contribution in [0.4, 0.5) is 0 Å². The van der Waals surface area contributed by atoms with Crippen molar-refractivity contribution in [3.05, 3.63) is 29.8 Å². The lowest BCUT2D eigenvalue weighted by atomic mass is 9.98. The van der Waals surface area contributed by atoms with Gasteiger partial charge in [-0.1, -0.05) is 12.1 Å². The molecular weight excluding hydrogens is 316 g/mol. The van der Waals surface area contributed by atoms with Gasteiger partial charge in [-0.3, -0.25) is 4.79 Å². The molecule has 0 saturated carbocycles. The van der Waals surface area contributed by atoms with Crippen LogP contribution >= 0.6 is 0 Å². The molecule has 1 aromatic carbocycles. The Bertz CT molecular complexity index is 643. The van der Waals surface area contributed by atoms with E-state index in [4.69, 9.17) is 4.74 Å². The number of rotatable bonds is 5. The van der Waals surface area contributed by atoms with Gasteiger partial charge in [-0.25, -0.2) is 12.7 Å². The van der Waals surface area contributed by atoms with Crippen LogP contribution in [0.25, 0.3) is 0 Å². The molecule has 7 heteroatoms. The quantitative estimate of drug-likeness (QED) is 0.882. The van der Waals surface area contributed by atoms with Crippen molar-refractivity contribution in [2.45, 2.75) is 25.8 Å². The third-order valence-electron chi connectivity index (χ3n) is 4.20. The molecule has 1 amide bonds. The van der Waals surface area contributed by atoms with Crippen LogP contribution in [0.1, 0.15) is 31.4 Å². The highest BCUT2D eigenvalue weighted by atomic mass is 32.2. The summed E-state index contributed by atoms with van der Waals surface area (Å²) in [5.41, 5.74) is 0.981. The van der Waals surface area contributed by atoms with Gasteiger partial charge in [0, 0.05) is 13.1 Å². The van der Waals surface area contributed by atoms with Crippen LogP contribution < -0.4 is 10.1 Å². The van der Waals surface area contributed by atoms with Gasteiger partial charge in [0.15, 0.2) is 0 Å². The van der Waals surface area contributed by atoms with Crippen molar-refractivity contribution in [2.24, 2.45) is 5.92 Å². The first-order valence-corrected chi connectivity index (χ1v) is 9.55. The molecule has 0 aromatic heterocycles. The molecule has 1 saturated heterocycles. The molecule has 23 heavy (non-hydrogen) atoms. The Hall–Kier alpha value is -1.60. The zero-order valence-corrected chi connectivity index (χ0v) is 14.6. The average molecular weight is 340 g/mol. The molecule has 1 aliphatic rings. The second kappa shape index (κ2) is 7.31.